The molecule has 5 nitrogen and oxygen atoms in total. The van der Waals surface area contributed by atoms with Crippen LogP contribution in [0.4, 0.5) is 10.1 Å². The first-order chi connectivity index (χ1) is 8.09. The minimum Gasteiger partial charge on any atom is -0.307 e. The van der Waals surface area contributed by atoms with Gasteiger partial charge in [-0.1, -0.05) is 0 Å². The van der Waals surface area contributed by atoms with E-state index >= 15 is 0 Å². The molecule has 90 valence electrons. The van der Waals surface area contributed by atoms with Crippen molar-refractivity contribution in [1.29, 1.82) is 0 Å². The summed E-state index contributed by atoms with van der Waals surface area (Å²) in [5.74, 6) is -1.14. The number of nitro groups is 1. The number of halogens is 1. The average Bonchev–Trinajstić information content (AvgIpc) is 2.81. The number of nitrogens with zero attached hydrogens (tertiary/aromatic N) is 1. The van der Waals surface area contributed by atoms with Crippen LogP contribution in [-0.4, -0.2) is 23.3 Å². The minimum absolute atomic E-state index is 0.178. The standard InChI is InChI=1S/C11H11FN2O3/c12-8-4-3-7(6-10(8)14(16)17)11(15)9-2-1-5-13-9/h3-4,6,9,13H,1-2,5H2. The van der Waals surface area contributed by atoms with Crippen LogP contribution in [0.5, 0.6) is 0 Å². The van der Waals surface area contributed by atoms with Crippen molar-refractivity contribution in [3.05, 3.63) is 39.7 Å². The zero-order chi connectivity index (χ0) is 12.4. The highest BCUT2D eigenvalue weighted by atomic mass is 19.1. The van der Waals surface area contributed by atoms with Crippen molar-refractivity contribution in [2.45, 2.75) is 18.9 Å². The van der Waals surface area contributed by atoms with Crippen molar-refractivity contribution < 1.29 is 14.1 Å². The summed E-state index contributed by atoms with van der Waals surface area (Å²) in [7, 11) is 0. The number of ketones is 1. The smallest absolute Gasteiger partial charge is 0.305 e. The van der Waals surface area contributed by atoms with Gasteiger partial charge in [0.25, 0.3) is 0 Å². The SMILES string of the molecule is O=C(c1ccc(F)c([N+](=O)[O-])c1)C1CCCN1. The Kier molecular flexibility index (Phi) is 3.14. The topological polar surface area (TPSA) is 72.2 Å². The molecule has 2 rings (SSSR count). The molecule has 1 fully saturated rings. The molecule has 0 bridgehead atoms. The van der Waals surface area contributed by atoms with E-state index in [4.69, 9.17) is 0 Å². The van der Waals surface area contributed by atoms with Crippen molar-refractivity contribution in [1.82, 2.24) is 5.32 Å². The second-order valence-corrected chi connectivity index (χ2v) is 3.94. The van der Waals surface area contributed by atoms with Gasteiger partial charge < -0.3 is 5.32 Å². The monoisotopic (exact) mass is 238 g/mol. The normalized spacial score (nSPS) is 19.2. The summed E-state index contributed by atoms with van der Waals surface area (Å²) in [4.78, 5) is 21.7. The summed E-state index contributed by atoms with van der Waals surface area (Å²) in [6.45, 7) is 0.764. The van der Waals surface area contributed by atoms with Crippen LogP contribution in [0.1, 0.15) is 23.2 Å². The molecule has 0 aromatic heterocycles. The van der Waals surface area contributed by atoms with E-state index in [0.717, 1.165) is 25.1 Å². The van der Waals surface area contributed by atoms with Crippen molar-refractivity contribution in [3.63, 3.8) is 0 Å². The summed E-state index contributed by atoms with van der Waals surface area (Å²) >= 11 is 0. The first-order valence-corrected chi connectivity index (χ1v) is 5.31. The Morgan fingerprint density at radius 3 is 2.88 bits per heavy atom. The fourth-order valence-electron chi connectivity index (χ4n) is 1.92. The summed E-state index contributed by atoms with van der Waals surface area (Å²) in [5.41, 5.74) is -0.480. The molecule has 17 heavy (non-hydrogen) atoms. The summed E-state index contributed by atoms with van der Waals surface area (Å²) < 4.78 is 13.1. The van der Waals surface area contributed by atoms with E-state index in [9.17, 15) is 19.3 Å². The Morgan fingerprint density at radius 2 is 2.29 bits per heavy atom. The lowest BCUT2D eigenvalue weighted by Crippen LogP contribution is -2.30. The highest BCUT2D eigenvalue weighted by molar-refractivity contribution is 6.00. The predicted molar refractivity (Wildman–Crippen MR) is 58.4 cm³/mol. The fraction of sp³-hybridized carbons (Fsp3) is 0.364. The van der Waals surface area contributed by atoms with Gasteiger partial charge in [0, 0.05) is 11.6 Å². The van der Waals surface area contributed by atoms with Crippen molar-refractivity contribution in [2.75, 3.05) is 6.54 Å². The molecule has 1 unspecified atom stereocenters. The number of Topliss-reactive ketones (excluding diaryl/α,β-unsaturated/α-hetero) is 1. The molecule has 1 saturated heterocycles. The zero-order valence-corrected chi connectivity index (χ0v) is 8.98. The molecule has 1 atom stereocenters. The summed E-state index contributed by atoms with van der Waals surface area (Å²) in [6.07, 6.45) is 1.61. The Morgan fingerprint density at radius 1 is 1.53 bits per heavy atom. The maximum absolute atomic E-state index is 13.1. The Bertz CT molecular complexity index is 470. The molecule has 0 aliphatic carbocycles. The molecule has 1 aliphatic heterocycles. The van der Waals surface area contributed by atoms with Gasteiger partial charge >= 0.3 is 5.69 Å². The van der Waals surface area contributed by atoms with Gasteiger partial charge in [0.2, 0.25) is 5.82 Å². The Hall–Kier alpha value is -1.82. The van der Waals surface area contributed by atoms with E-state index in [1.165, 1.54) is 6.07 Å². The molecular weight excluding hydrogens is 227 g/mol. The summed E-state index contributed by atoms with van der Waals surface area (Å²) in [6, 6.07) is 2.93. The van der Waals surface area contributed by atoms with Crippen LogP contribution < -0.4 is 5.32 Å². The second-order valence-electron chi connectivity index (χ2n) is 3.94. The van der Waals surface area contributed by atoms with Gasteiger partial charge in [-0.3, -0.25) is 14.9 Å². The van der Waals surface area contributed by atoms with Gasteiger partial charge in [-0.25, -0.2) is 0 Å². The number of hydrogen-bond acceptors (Lipinski definition) is 4. The number of carbonyl (C=O) groups excluding carboxylic acids is 1. The molecule has 0 saturated carbocycles. The third-order valence-corrected chi connectivity index (χ3v) is 2.80. The largest absolute Gasteiger partial charge is 0.307 e. The van der Waals surface area contributed by atoms with Crippen LogP contribution in [0.15, 0.2) is 18.2 Å². The van der Waals surface area contributed by atoms with E-state index in [1.807, 2.05) is 0 Å². The number of nitrogens with one attached hydrogen (secondary N) is 1. The Balaban J connectivity index is 2.29. The minimum atomic E-state index is -0.925. The zero-order valence-electron chi connectivity index (χ0n) is 8.98. The van der Waals surface area contributed by atoms with Crippen LogP contribution in [-0.2, 0) is 0 Å². The van der Waals surface area contributed by atoms with Gasteiger partial charge in [-0.2, -0.15) is 4.39 Å². The van der Waals surface area contributed by atoms with Crippen LogP contribution >= 0.6 is 0 Å². The Labute approximate surface area is 96.8 Å². The number of rotatable bonds is 3. The third-order valence-electron chi connectivity index (χ3n) is 2.80. The number of nitro benzene ring substituents is 1. The quantitative estimate of drug-likeness (QED) is 0.494. The van der Waals surface area contributed by atoms with Crippen LogP contribution in [0.2, 0.25) is 0 Å². The van der Waals surface area contributed by atoms with Gasteiger partial charge in [-0.15, -0.1) is 0 Å². The van der Waals surface area contributed by atoms with Crippen LogP contribution in [0.25, 0.3) is 0 Å². The van der Waals surface area contributed by atoms with Crippen LogP contribution in [0, 0.1) is 15.9 Å². The number of hydrogen-bond donors (Lipinski definition) is 1. The second kappa shape index (κ2) is 4.58. The van der Waals surface area contributed by atoms with Gasteiger partial charge in [0.05, 0.1) is 11.0 Å². The molecule has 1 aromatic rings. The molecule has 1 N–H and O–H groups in total. The molecule has 1 aromatic carbocycles. The molecule has 0 radical (unpaired) electrons. The number of benzene rings is 1. The fourth-order valence-corrected chi connectivity index (χ4v) is 1.92. The van der Waals surface area contributed by atoms with E-state index in [2.05, 4.69) is 5.32 Å². The van der Waals surface area contributed by atoms with E-state index in [0.29, 0.717) is 6.42 Å². The van der Waals surface area contributed by atoms with Gasteiger partial charge in [0.1, 0.15) is 0 Å². The van der Waals surface area contributed by atoms with Crippen molar-refractivity contribution in [2.24, 2.45) is 0 Å². The first kappa shape index (κ1) is 11.7. The van der Waals surface area contributed by atoms with Crippen molar-refractivity contribution in [3.8, 4) is 0 Å². The van der Waals surface area contributed by atoms with E-state index < -0.39 is 16.4 Å². The number of carbonyl (C=O) groups is 1. The molecule has 0 amide bonds. The van der Waals surface area contributed by atoms with E-state index in [1.54, 1.807) is 0 Å². The molecule has 1 aliphatic rings. The van der Waals surface area contributed by atoms with Crippen LogP contribution in [0.3, 0.4) is 0 Å². The maximum atomic E-state index is 13.1. The van der Waals surface area contributed by atoms with Gasteiger partial charge in [0.15, 0.2) is 5.78 Å². The van der Waals surface area contributed by atoms with Gasteiger partial charge in [-0.05, 0) is 31.5 Å². The summed E-state index contributed by atoms with van der Waals surface area (Å²) in [5, 5.41) is 13.6. The lowest BCUT2D eigenvalue weighted by molar-refractivity contribution is -0.387. The lowest BCUT2D eigenvalue weighted by atomic mass is 10.0. The average molecular weight is 238 g/mol. The van der Waals surface area contributed by atoms with Crippen molar-refractivity contribution >= 4 is 11.5 Å². The molecule has 0 spiro atoms. The highest BCUT2D eigenvalue weighted by Crippen LogP contribution is 2.21. The third kappa shape index (κ3) is 2.31. The maximum Gasteiger partial charge on any atom is 0.305 e. The molecule has 6 heteroatoms. The highest BCUT2D eigenvalue weighted by Gasteiger charge is 2.25. The lowest BCUT2D eigenvalue weighted by Gasteiger charge is -2.08. The van der Waals surface area contributed by atoms with E-state index in [-0.39, 0.29) is 17.4 Å². The predicted octanol–water partition coefficient (Wildman–Crippen LogP) is 1.67. The molecular formula is C11H11FN2O3. The molecule has 1 heterocycles. The first-order valence-electron chi connectivity index (χ1n) is 5.31.